The molecule has 0 saturated carbocycles. The Labute approximate surface area is 238 Å². The summed E-state index contributed by atoms with van der Waals surface area (Å²) in [4.78, 5) is 40.5. The summed E-state index contributed by atoms with van der Waals surface area (Å²) in [5.41, 5.74) is 5.31. The van der Waals surface area contributed by atoms with Crippen molar-refractivity contribution in [1.82, 2.24) is 20.3 Å². The number of hydrogen-bond acceptors (Lipinski definition) is 6. The molecule has 0 fully saturated rings. The van der Waals surface area contributed by atoms with E-state index in [9.17, 15) is 9.59 Å². The quantitative estimate of drug-likeness (QED) is 0.128. The summed E-state index contributed by atoms with van der Waals surface area (Å²) in [5, 5.41) is 5.49. The summed E-state index contributed by atoms with van der Waals surface area (Å²) in [7, 11) is 3.90. The topological polar surface area (TPSA) is 91.0 Å². The molecule has 5 aromatic rings. The molecule has 0 radical (unpaired) electrons. The SMILES string of the molecule is CN(C)c1ccccc1C(=O)CCCCC[C@H](NC(=O)c1cncs1)c1ncc(-c2ccc3ccccc3c2)[nH]1. The zero-order valence-electron chi connectivity index (χ0n) is 22.8. The molecule has 0 aliphatic rings. The summed E-state index contributed by atoms with van der Waals surface area (Å²) in [6, 6.07) is 22.0. The molecule has 2 aromatic heterocycles. The van der Waals surface area contributed by atoms with Gasteiger partial charge in [-0.1, -0.05) is 61.4 Å². The molecule has 40 heavy (non-hydrogen) atoms. The maximum Gasteiger partial charge on any atom is 0.263 e. The predicted molar refractivity (Wildman–Crippen MR) is 162 cm³/mol. The molecule has 0 aliphatic heterocycles. The lowest BCUT2D eigenvalue weighted by Crippen LogP contribution is -2.28. The molecule has 0 aliphatic carbocycles. The van der Waals surface area contributed by atoms with Crippen LogP contribution in [0.4, 0.5) is 5.69 Å². The number of Topliss-reactive ketones (excluding diaryl/α,β-unsaturated/α-hetero) is 1. The molecule has 2 heterocycles. The van der Waals surface area contributed by atoms with Crippen LogP contribution in [0.25, 0.3) is 22.0 Å². The third-order valence-electron chi connectivity index (χ3n) is 7.03. The summed E-state index contributed by atoms with van der Waals surface area (Å²) in [6.45, 7) is 0. The van der Waals surface area contributed by atoms with E-state index in [1.807, 2.05) is 61.6 Å². The molecule has 2 N–H and O–H groups in total. The molecular formula is C32H33N5O2S. The molecule has 0 saturated heterocycles. The van der Waals surface area contributed by atoms with E-state index in [2.05, 4.69) is 50.6 Å². The largest absolute Gasteiger partial charge is 0.377 e. The Hall–Kier alpha value is -4.30. The van der Waals surface area contributed by atoms with Gasteiger partial charge >= 0.3 is 0 Å². The van der Waals surface area contributed by atoms with Crippen LogP contribution in [0.1, 0.15) is 64.0 Å². The van der Waals surface area contributed by atoms with Gasteiger partial charge in [0, 0.05) is 37.3 Å². The molecule has 204 valence electrons. The number of H-pyrrole nitrogens is 1. The number of fused-ring (bicyclic) bond motifs is 1. The fourth-order valence-electron chi connectivity index (χ4n) is 4.90. The van der Waals surface area contributed by atoms with Crippen molar-refractivity contribution in [2.75, 3.05) is 19.0 Å². The van der Waals surface area contributed by atoms with Gasteiger partial charge in [0.1, 0.15) is 10.7 Å². The average molecular weight is 552 g/mol. The number of para-hydroxylation sites is 1. The highest BCUT2D eigenvalue weighted by atomic mass is 32.1. The maximum absolute atomic E-state index is 12.9. The zero-order chi connectivity index (χ0) is 27.9. The van der Waals surface area contributed by atoms with Crippen LogP contribution >= 0.6 is 11.3 Å². The zero-order valence-corrected chi connectivity index (χ0v) is 23.6. The van der Waals surface area contributed by atoms with Crippen LogP contribution < -0.4 is 10.2 Å². The number of carbonyl (C=O) groups is 2. The number of imidazole rings is 1. The van der Waals surface area contributed by atoms with E-state index in [-0.39, 0.29) is 17.7 Å². The van der Waals surface area contributed by atoms with E-state index >= 15 is 0 Å². The number of aromatic amines is 1. The molecule has 0 spiro atoms. The highest BCUT2D eigenvalue weighted by molar-refractivity contribution is 7.11. The standard InChI is InChI=1S/C32H33N5O2S/c1-37(2)28-14-9-8-12-25(28)29(38)15-5-3-4-13-26(36-32(39)30-20-33-21-40-30)31-34-19-27(35-31)24-17-16-22-10-6-7-11-23(22)18-24/h6-12,14,16-21,26H,3-5,13,15H2,1-2H3,(H,34,35)(H,36,39)/t26-/m0/s1. The molecule has 5 rings (SSSR count). The molecule has 0 unspecified atom stereocenters. The number of carbonyl (C=O) groups excluding carboxylic acids is 2. The van der Waals surface area contributed by atoms with E-state index in [1.54, 1.807) is 11.7 Å². The number of aromatic nitrogens is 3. The first-order valence-electron chi connectivity index (χ1n) is 13.5. The Morgan fingerprint density at radius 3 is 2.55 bits per heavy atom. The summed E-state index contributed by atoms with van der Waals surface area (Å²) in [6.07, 6.45) is 7.12. The Balaban J connectivity index is 1.24. The van der Waals surface area contributed by atoms with Crippen molar-refractivity contribution >= 4 is 39.5 Å². The number of anilines is 1. The molecule has 8 heteroatoms. The fourth-order valence-corrected chi connectivity index (χ4v) is 5.42. The number of nitrogens with one attached hydrogen (secondary N) is 2. The first kappa shape index (κ1) is 27.3. The summed E-state index contributed by atoms with van der Waals surface area (Å²) in [5.74, 6) is 0.717. The molecule has 1 atom stereocenters. The molecule has 3 aromatic carbocycles. The number of thiazole rings is 1. The van der Waals surface area contributed by atoms with E-state index in [4.69, 9.17) is 0 Å². The first-order chi connectivity index (χ1) is 19.5. The fraction of sp³-hybridized carbons (Fsp3) is 0.250. The lowest BCUT2D eigenvalue weighted by Gasteiger charge is -2.17. The van der Waals surface area contributed by atoms with E-state index in [0.717, 1.165) is 53.0 Å². The van der Waals surface area contributed by atoms with Gasteiger partial charge in [-0.05, 0) is 41.8 Å². The average Bonchev–Trinajstić information content (AvgIpc) is 3.69. The predicted octanol–water partition coefficient (Wildman–Crippen LogP) is 7.06. The highest BCUT2D eigenvalue weighted by Crippen LogP contribution is 2.27. The number of nitrogens with zero attached hydrogens (tertiary/aromatic N) is 3. The van der Waals surface area contributed by atoms with Crippen LogP contribution in [0.15, 0.2) is 84.6 Å². The first-order valence-corrected chi connectivity index (χ1v) is 14.4. The molecule has 7 nitrogen and oxygen atoms in total. The van der Waals surface area contributed by atoms with Gasteiger partial charge in [0.25, 0.3) is 5.91 Å². The molecule has 1 amide bonds. The van der Waals surface area contributed by atoms with Crippen molar-refractivity contribution in [3.05, 3.63) is 101 Å². The second-order valence-electron chi connectivity index (χ2n) is 10.1. The van der Waals surface area contributed by atoms with Crippen molar-refractivity contribution in [3.63, 3.8) is 0 Å². The number of rotatable bonds is 12. The molecule has 0 bridgehead atoms. The van der Waals surface area contributed by atoms with Gasteiger partial charge < -0.3 is 15.2 Å². The van der Waals surface area contributed by atoms with Crippen molar-refractivity contribution < 1.29 is 9.59 Å². The Kier molecular flexibility index (Phi) is 8.66. The number of unbranched alkanes of at least 4 members (excludes halogenated alkanes) is 2. The Morgan fingerprint density at radius 2 is 1.75 bits per heavy atom. The lowest BCUT2D eigenvalue weighted by atomic mass is 10.0. The second kappa shape index (κ2) is 12.7. The van der Waals surface area contributed by atoms with Crippen LogP contribution in [-0.2, 0) is 0 Å². The van der Waals surface area contributed by atoms with Crippen LogP contribution in [0.5, 0.6) is 0 Å². The van der Waals surface area contributed by atoms with Gasteiger partial charge in [-0.15, -0.1) is 11.3 Å². The summed E-state index contributed by atoms with van der Waals surface area (Å²) >= 11 is 1.31. The van der Waals surface area contributed by atoms with Gasteiger partial charge in [-0.2, -0.15) is 0 Å². The minimum atomic E-state index is -0.283. The number of hydrogen-bond donors (Lipinski definition) is 2. The van der Waals surface area contributed by atoms with Crippen molar-refractivity contribution in [2.45, 2.75) is 38.1 Å². The van der Waals surface area contributed by atoms with Crippen LogP contribution in [0.3, 0.4) is 0 Å². The number of benzene rings is 3. The minimum absolute atomic E-state index is 0.158. The van der Waals surface area contributed by atoms with Gasteiger partial charge in [0.15, 0.2) is 5.78 Å². The Bertz CT molecular complexity index is 1590. The van der Waals surface area contributed by atoms with Crippen molar-refractivity contribution in [2.24, 2.45) is 0 Å². The smallest absolute Gasteiger partial charge is 0.263 e. The highest BCUT2D eigenvalue weighted by Gasteiger charge is 2.20. The van der Waals surface area contributed by atoms with Gasteiger partial charge in [-0.3, -0.25) is 14.6 Å². The van der Waals surface area contributed by atoms with Crippen LogP contribution in [-0.4, -0.2) is 40.7 Å². The Morgan fingerprint density at radius 1 is 0.950 bits per heavy atom. The van der Waals surface area contributed by atoms with Gasteiger partial charge in [0.05, 0.1) is 29.6 Å². The third-order valence-corrected chi connectivity index (χ3v) is 7.80. The summed E-state index contributed by atoms with van der Waals surface area (Å²) < 4.78 is 0. The maximum atomic E-state index is 12.9. The normalized spacial score (nSPS) is 11.8. The van der Waals surface area contributed by atoms with Crippen LogP contribution in [0, 0.1) is 0 Å². The van der Waals surface area contributed by atoms with Crippen molar-refractivity contribution in [1.29, 1.82) is 0 Å². The lowest BCUT2D eigenvalue weighted by molar-refractivity contribution is 0.0935. The van der Waals surface area contributed by atoms with E-state index < -0.39 is 0 Å². The number of amides is 1. The van der Waals surface area contributed by atoms with Crippen LogP contribution in [0.2, 0.25) is 0 Å². The number of ketones is 1. The van der Waals surface area contributed by atoms with E-state index in [0.29, 0.717) is 17.7 Å². The van der Waals surface area contributed by atoms with Gasteiger partial charge in [-0.25, -0.2) is 4.98 Å². The third kappa shape index (κ3) is 6.46. The van der Waals surface area contributed by atoms with Gasteiger partial charge in [0.2, 0.25) is 0 Å². The second-order valence-corrected chi connectivity index (χ2v) is 11.0. The monoisotopic (exact) mass is 551 g/mol. The molecular weight excluding hydrogens is 518 g/mol. The van der Waals surface area contributed by atoms with E-state index in [1.165, 1.54) is 16.7 Å². The van der Waals surface area contributed by atoms with Crippen molar-refractivity contribution in [3.8, 4) is 11.3 Å². The minimum Gasteiger partial charge on any atom is -0.377 e.